The summed E-state index contributed by atoms with van der Waals surface area (Å²) >= 11 is 9.46. The summed E-state index contributed by atoms with van der Waals surface area (Å²) in [6.45, 7) is 3.65. The number of carbonyl (C=O) groups is 1. The van der Waals surface area contributed by atoms with Crippen molar-refractivity contribution in [2.75, 3.05) is 13.1 Å². The van der Waals surface area contributed by atoms with Gasteiger partial charge in [0.2, 0.25) is 0 Å². The first kappa shape index (κ1) is 16.0. The third-order valence-corrected chi connectivity index (χ3v) is 6.54. The average Bonchev–Trinajstić information content (AvgIpc) is 3.10. The lowest BCUT2D eigenvalue weighted by atomic mass is 9.95. The lowest BCUT2D eigenvalue weighted by molar-refractivity contribution is -0.143. The van der Waals surface area contributed by atoms with Gasteiger partial charge in [0, 0.05) is 16.3 Å². The van der Waals surface area contributed by atoms with E-state index in [0.29, 0.717) is 6.54 Å². The van der Waals surface area contributed by atoms with Gasteiger partial charge in [-0.15, -0.1) is 22.7 Å². The van der Waals surface area contributed by atoms with E-state index in [2.05, 4.69) is 29.3 Å². The van der Waals surface area contributed by atoms with E-state index in [1.807, 2.05) is 6.07 Å². The van der Waals surface area contributed by atoms with Gasteiger partial charge >= 0.3 is 5.97 Å². The molecular weight excluding hydrogens is 338 g/mol. The number of carboxylic acid groups (broad SMARTS) is 1. The summed E-state index contributed by atoms with van der Waals surface area (Å²) < 4.78 is 0.779. The molecule has 0 amide bonds. The molecule has 0 saturated carbocycles. The number of thiophene rings is 2. The summed E-state index contributed by atoms with van der Waals surface area (Å²) in [6, 6.07) is 6.25. The van der Waals surface area contributed by atoms with Gasteiger partial charge in [-0.05, 0) is 55.5 Å². The molecule has 0 radical (unpaired) electrons. The minimum absolute atomic E-state index is 0.125. The highest BCUT2D eigenvalue weighted by molar-refractivity contribution is 7.16. The van der Waals surface area contributed by atoms with Gasteiger partial charge in [-0.25, -0.2) is 0 Å². The fourth-order valence-corrected chi connectivity index (χ4v) is 5.42. The Bertz CT molecular complexity index is 667. The van der Waals surface area contributed by atoms with Crippen LogP contribution in [0.4, 0.5) is 0 Å². The zero-order valence-corrected chi connectivity index (χ0v) is 14.7. The first-order valence-corrected chi connectivity index (χ1v) is 9.39. The van der Waals surface area contributed by atoms with E-state index < -0.39 is 5.97 Å². The van der Waals surface area contributed by atoms with Gasteiger partial charge in [-0.1, -0.05) is 11.6 Å². The number of nitrogens with zero attached hydrogens (tertiary/aromatic N) is 1. The molecule has 6 heteroatoms. The zero-order chi connectivity index (χ0) is 15.7. The molecule has 3 heterocycles. The lowest BCUT2D eigenvalue weighted by Crippen LogP contribution is -2.41. The van der Waals surface area contributed by atoms with E-state index in [1.54, 1.807) is 22.7 Å². The summed E-state index contributed by atoms with van der Waals surface area (Å²) in [6.07, 6.45) is 1.70. The number of rotatable bonds is 4. The fourth-order valence-electron chi connectivity index (χ4n) is 3.06. The number of piperidine rings is 1. The summed E-state index contributed by atoms with van der Waals surface area (Å²) in [7, 11) is 0. The second-order valence-electron chi connectivity index (χ2n) is 5.68. The number of hydrogen-bond donors (Lipinski definition) is 1. The Labute approximate surface area is 143 Å². The number of hydrogen-bond acceptors (Lipinski definition) is 4. The maximum absolute atomic E-state index is 11.4. The predicted molar refractivity (Wildman–Crippen MR) is 92.2 cm³/mol. The Morgan fingerprint density at radius 2 is 2.27 bits per heavy atom. The Hall–Kier alpha value is -0.880. The van der Waals surface area contributed by atoms with Crippen LogP contribution >= 0.6 is 34.3 Å². The molecule has 0 spiro atoms. The van der Waals surface area contributed by atoms with Crippen LogP contribution in [0.1, 0.15) is 34.2 Å². The second kappa shape index (κ2) is 6.71. The van der Waals surface area contributed by atoms with Crippen LogP contribution in [-0.4, -0.2) is 29.1 Å². The maximum Gasteiger partial charge on any atom is 0.307 e. The summed E-state index contributed by atoms with van der Waals surface area (Å²) in [5.41, 5.74) is 1.26. The van der Waals surface area contributed by atoms with Crippen LogP contribution in [0, 0.1) is 12.8 Å². The van der Waals surface area contributed by atoms with Crippen molar-refractivity contribution >= 4 is 40.2 Å². The molecule has 22 heavy (non-hydrogen) atoms. The SMILES string of the molecule is Cc1ccsc1C(c1ccc(Cl)s1)N1CCCC(C(=O)O)C1. The van der Waals surface area contributed by atoms with Crippen LogP contribution in [0.2, 0.25) is 4.34 Å². The van der Waals surface area contributed by atoms with Gasteiger partial charge in [0.05, 0.1) is 16.3 Å². The van der Waals surface area contributed by atoms with E-state index in [0.717, 1.165) is 23.7 Å². The summed E-state index contributed by atoms with van der Waals surface area (Å²) in [4.78, 5) is 16.2. The van der Waals surface area contributed by atoms with Crippen LogP contribution in [-0.2, 0) is 4.79 Å². The second-order valence-corrected chi connectivity index (χ2v) is 8.38. The fraction of sp³-hybridized carbons (Fsp3) is 0.438. The van der Waals surface area contributed by atoms with E-state index >= 15 is 0 Å². The van der Waals surface area contributed by atoms with E-state index in [9.17, 15) is 9.90 Å². The van der Waals surface area contributed by atoms with Crippen LogP contribution in [0.25, 0.3) is 0 Å². The highest BCUT2D eigenvalue weighted by atomic mass is 35.5. The molecule has 2 aromatic rings. The lowest BCUT2D eigenvalue weighted by Gasteiger charge is -2.36. The number of likely N-dealkylation sites (tertiary alicyclic amines) is 1. The van der Waals surface area contributed by atoms with Gasteiger partial charge in [-0.2, -0.15) is 0 Å². The summed E-state index contributed by atoms with van der Waals surface area (Å²) in [5.74, 6) is -0.956. The van der Waals surface area contributed by atoms with Crippen molar-refractivity contribution in [2.24, 2.45) is 5.92 Å². The average molecular weight is 356 g/mol. The molecule has 1 fully saturated rings. The molecular formula is C16H18ClNO2S2. The van der Waals surface area contributed by atoms with Gasteiger partial charge in [0.25, 0.3) is 0 Å². The molecule has 0 bridgehead atoms. The number of halogens is 1. The molecule has 0 aromatic carbocycles. The van der Waals surface area contributed by atoms with Crippen LogP contribution < -0.4 is 0 Å². The molecule has 3 nitrogen and oxygen atoms in total. The van der Waals surface area contributed by atoms with Crippen molar-refractivity contribution in [1.82, 2.24) is 4.90 Å². The minimum Gasteiger partial charge on any atom is -0.481 e. The van der Waals surface area contributed by atoms with Gasteiger partial charge in [0.15, 0.2) is 0 Å². The molecule has 2 unspecified atom stereocenters. The van der Waals surface area contributed by atoms with Crippen molar-refractivity contribution in [3.8, 4) is 0 Å². The van der Waals surface area contributed by atoms with E-state index in [-0.39, 0.29) is 12.0 Å². The molecule has 1 saturated heterocycles. The molecule has 118 valence electrons. The normalized spacial score (nSPS) is 20.9. The van der Waals surface area contributed by atoms with Crippen molar-refractivity contribution in [3.05, 3.63) is 43.2 Å². The van der Waals surface area contributed by atoms with Crippen molar-refractivity contribution in [2.45, 2.75) is 25.8 Å². The molecule has 0 aliphatic carbocycles. The molecule has 1 N–H and O–H groups in total. The molecule has 2 atom stereocenters. The van der Waals surface area contributed by atoms with Crippen LogP contribution in [0.15, 0.2) is 23.6 Å². The predicted octanol–water partition coefficient (Wildman–Crippen LogP) is 4.66. The Morgan fingerprint density at radius 1 is 1.45 bits per heavy atom. The first-order chi connectivity index (χ1) is 10.6. The third-order valence-electron chi connectivity index (χ3n) is 4.18. The first-order valence-electron chi connectivity index (χ1n) is 7.32. The molecule has 1 aliphatic rings. The molecule has 3 rings (SSSR count). The molecule has 2 aromatic heterocycles. The van der Waals surface area contributed by atoms with Gasteiger partial charge in [-0.3, -0.25) is 9.69 Å². The molecule has 1 aliphatic heterocycles. The summed E-state index contributed by atoms with van der Waals surface area (Å²) in [5, 5.41) is 11.5. The zero-order valence-electron chi connectivity index (χ0n) is 12.3. The van der Waals surface area contributed by atoms with Gasteiger partial charge < -0.3 is 5.11 Å². The Balaban J connectivity index is 1.95. The standard InChI is InChI=1S/C16H18ClNO2S2/c1-10-6-8-21-15(10)14(12-4-5-13(17)22-12)18-7-2-3-11(9-18)16(19)20/h4-6,8,11,14H,2-3,7,9H2,1H3,(H,19,20). The number of aliphatic carboxylic acids is 1. The Morgan fingerprint density at radius 3 is 2.86 bits per heavy atom. The third kappa shape index (κ3) is 3.23. The quantitative estimate of drug-likeness (QED) is 0.867. The minimum atomic E-state index is -0.685. The number of aryl methyl sites for hydroxylation is 1. The van der Waals surface area contributed by atoms with Crippen molar-refractivity contribution < 1.29 is 9.90 Å². The van der Waals surface area contributed by atoms with Gasteiger partial charge in [0.1, 0.15) is 0 Å². The largest absolute Gasteiger partial charge is 0.481 e. The van der Waals surface area contributed by atoms with E-state index in [1.165, 1.54) is 15.3 Å². The topological polar surface area (TPSA) is 40.5 Å². The highest BCUT2D eigenvalue weighted by Crippen LogP contribution is 2.40. The van der Waals surface area contributed by atoms with Crippen molar-refractivity contribution in [3.63, 3.8) is 0 Å². The monoisotopic (exact) mass is 355 g/mol. The number of carboxylic acids is 1. The highest BCUT2D eigenvalue weighted by Gasteiger charge is 2.33. The van der Waals surface area contributed by atoms with E-state index in [4.69, 9.17) is 11.6 Å². The maximum atomic E-state index is 11.4. The smallest absolute Gasteiger partial charge is 0.307 e. The van der Waals surface area contributed by atoms with Crippen LogP contribution in [0.3, 0.4) is 0 Å². The van der Waals surface area contributed by atoms with Crippen LogP contribution in [0.5, 0.6) is 0 Å². The van der Waals surface area contributed by atoms with Crippen molar-refractivity contribution in [1.29, 1.82) is 0 Å². The Kier molecular flexibility index (Phi) is 4.88.